The van der Waals surface area contributed by atoms with Gasteiger partial charge in [0.25, 0.3) is 11.7 Å². The Balaban J connectivity index is 1.77. The molecule has 14 atom stereocenters. The van der Waals surface area contributed by atoms with E-state index in [1.807, 2.05) is 26.0 Å². The van der Waals surface area contributed by atoms with Gasteiger partial charge in [0.1, 0.15) is 24.2 Å². The smallest absolute Gasteiger partial charge is 0.329 e. The van der Waals surface area contributed by atoms with Crippen LogP contribution in [0.4, 0.5) is 0 Å². The molecule has 3 heterocycles. The van der Waals surface area contributed by atoms with Gasteiger partial charge in [-0.2, -0.15) is 0 Å². The van der Waals surface area contributed by atoms with E-state index in [0.29, 0.717) is 56.8 Å². The molecule has 0 aromatic carbocycles. The molecule has 2 saturated heterocycles. The highest BCUT2D eigenvalue weighted by Gasteiger charge is 2.56. The van der Waals surface area contributed by atoms with Crippen molar-refractivity contribution in [3.63, 3.8) is 0 Å². The van der Waals surface area contributed by atoms with Crippen LogP contribution in [0.5, 0.6) is 0 Å². The van der Waals surface area contributed by atoms with Gasteiger partial charge in [0, 0.05) is 43.7 Å². The van der Waals surface area contributed by atoms with Crippen molar-refractivity contribution in [2.75, 3.05) is 13.7 Å². The number of allylic oxidation sites excluding steroid dienone is 4. The van der Waals surface area contributed by atoms with Crippen LogP contribution in [0.15, 0.2) is 36.0 Å². The number of ketones is 2. The van der Waals surface area contributed by atoms with Crippen molar-refractivity contribution in [1.82, 2.24) is 4.90 Å². The third-order valence-electron chi connectivity index (χ3n) is 12.6. The first-order valence-corrected chi connectivity index (χ1v) is 20.4. The highest BCUT2D eigenvalue weighted by atomic mass is 16.6. The quantitative estimate of drug-likeness (QED) is 0.132. The minimum atomic E-state index is -2.67. The molecular weight excluding hydrogens is 722 g/mol. The molecule has 0 aromatic rings. The summed E-state index contributed by atoms with van der Waals surface area (Å²) in [6, 6.07) is -1.20. The number of nitrogens with zero attached hydrogens (tertiary/aromatic N) is 1. The van der Waals surface area contributed by atoms with Crippen molar-refractivity contribution in [1.29, 1.82) is 0 Å². The molecular formula is C43H65NO12. The van der Waals surface area contributed by atoms with Crippen LogP contribution in [0.25, 0.3) is 0 Å². The lowest BCUT2D eigenvalue weighted by Crippen LogP contribution is -2.63. The zero-order chi connectivity index (χ0) is 41.5. The number of hydrogen-bond donors (Lipinski definition) is 4. The maximum atomic E-state index is 14.2. The molecule has 56 heavy (non-hydrogen) atoms. The molecule has 13 nitrogen and oxygen atoms in total. The van der Waals surface area contributed by atoms with E-state index < -0.39 is 83.7 Å². The summed E-state index contributed by atoms with van der Waals surface area (Å²) in [5, 5.41) is 45.2. The van der Waals surface area contributed by atoms with Crippen LogP contribution in [0.1, 0.15) is 105 Å². The number of Topliss-reactive ketones (excluding diaryl/α,β-unsaturated/α-hetero) is 2. The minimum Gasteiger partial charge on any atom is -0.456 e. The molecule has 4 aliphatic rings. The molecule has 3 fully saturated rings. The molecule has 0 spiro atoms. The number of esters is 1. The van der Waals surface area contributed by atoms with Gasteiger partial charge in [0.05, 0.1) is 30.5 Å². The Labute approximate surface area is 331 Å². The fourth-order valence-electron chi connectivity index (χ4n) is 9.23. The monoisotopic (exact) mass is 787 g/mol. The number of rotatable bonds is 6. The molecule has 0 aromatic heterocycles. The average molecular weight is 788 g/mol. The van der Waals surface area contributed by atoms with Gasteiger partial charge in [-0.25, -0.2) is 4.79 Å². The number of cyclic esters (lactones) is 1. The first kappa shape index (κ1) is 45.6. The second kappa shape index (κ2) is 20.1. The third-order valence-corrected chi connectivity index (χ3v) is 12.6. The van der Waals surface area contributed by atoms with Crippen molar-refractivity contribution < 1.29 is 58.6 Å². The minimum absolute atomic E-state index is 0.0243. The highest BCUT2D eigenvalue weighted by molar-refractivity contribution is 6.39. The van der Waals surface area contributed by atoms with Gasteiger partial charge in [-0.3, -0.25) is 14.4 Å². The molecule has 1 saturated carbocycles. The summed E-state index contributed by atoms with van der Waals surface area (Å²) in [5.41, 5.74) is 1.48. The highest BCUT2D eigenvalue weighted by Crippen LogP contribution is 2.40. The Hall–Kier alpha value is -3.07. The predicted molar refractivity (Wildman–Crippen MR) is 207 cm³/mol. The van der Waals surface area contributed by atoms with Gasteiger partial charge in [-0.15, -0.1) is 6.58 Å². The standard InChI is InChI=1S/C43H65NO12/c1-8-11-30-17-24(2)16-25(3)18-36(49)39-31(23-45)20-27(5)43(53,56-39)40(50)41(51)44-15-10-9-12-32(44)42(52)55-38(28(6)34(47)22-35(30)48)26(4)19-29-13-14-33(46)37(21-29)54-7/h8,17,19,23,25,27-34,36-39,46-47,49,53H,1,9-16,18,20-22H2,2-7H3/b24-17+,26-19+/t25-,27+,28+,29-,30+,31+,32-,33+,34-,36-,37+,38+,39-,43+/m0/s1. The molecule has 4 N–H and O–H groups in total. The van der Waals surface area contributed by atoms with Gasteiger partial charge >= 0.3 is 5.97 Å². The number of amides is 1. The normalized spacial score (nSPS) is 41.4. The Morgan fingerprint density at radius 1 is 1.00 bits per heavy atom. The van der Waals surface area contributed by atoms with Gasteiger partial charge in [0.15, 0.2) is 0 Å². The second-order valence-corrected chi connectivity index (χ2v) is 17.1. The number of aliphatic hydroxyl groups is 4. The van der Waals surface area contributed by atoms with E-state index in [2.05, 4.69) is 6.58 Å². The lowest BCUT2D eigenvalue weighted by molar-refractivity contribution is -0.286. The van der Waals surface area contributed by atoms with Crippen LogP contribution in [-0.2, 0) is 38.2 Å². The number of aldehydes is 1. The number of hydrogen-bond acceptors (Lipinski definition) is 12. The first-order valence-electron chi connectivity index (χ1n) is 20.4. The van der Waals surface area contributed by atoms with E-state index in [9.17, 15) is 44.4 Å². The van der Waals surface area contributed by atoms with Gasteiger partial charge in [-0.1, -0.05) is 44.6 Å². The molecule has 3 aliphatic heterocycles. The van der Waals surface area contributed by atoms with Crippen LogP contribution in [0.3, 0.4) is 0 Å². The summed E-state index contributed by atoms with van der Waals surface area (Å²) in [5.74, 6) is -9.55. The summed E-state index contributed by atoms with van der Waals surface area (Å²) in [6.45, 7) is 12.6. The van der Waals surface area contributed by atoms with Crippen LogP contribution in [0.2, 0.25) is 0 Å². The summed E-state index contributed by atoms with van der Waals surface area (Å²) in [7, 11) is 1.54. The number of ether oxygens (including phenoxy) is 3. The van der Waals surface area contributed by atoms with Gasteiger partial charge in [0.2, 0.25) is 5.79 Å². The fraction of sp³-hybridized carbons (Fsp3) is 0.744. The lowest BCUT2D eigenvalue weighted by Gasteiger charge is -2.45. The van der Waals surface area contributed by atoms with Crippen LogP contribution in [-0.4, -0.2) is 117 Å². The van der Waals surface area contributed by atoms with E-state index in [0.717, 1.165) is 10.5 Å². The number of fused-ring (bicyclic) bond motifs is 3. The Kier molecular flexibility index (Phi) is 16.4. The van der Waals surface area contributed by atoms with Crippen molar-refractivity contribution >= 4 is 29.7 Å². The molecule has 0 radical (unpaired) electrons. The van der Waals surface area contributed by atoms with Crippen molar-refractivity contribution in [3.8, 4) is 0 Å². The van der Waals surface area contributed by atoms with E-state index in [1.165, 1.54) is 6.92 Å². The average Bonchev–Trinajstić information content (AvgIpc) is 3.16. The number of carbonyl (C=O) groups excluding carboxylic acids is 5. The Morgan fingerprint density at radius 3 is 2.38 bits per heavy atom. The topological polar surface area (TPSA) is 197 Å². The number of piperidine rings is 1. The number of aliphatic hydroxyl groups excluding tert-OH is 3. The van der Waals surface area contributed by atoms with E-state index in [4.69, 9.17) is 14.2 Å². The molecule has 4 rings (SSSR count). The number of carbonyl (C=O) groups is 5. The Morgan fingerprint density at radius 2 is 1.71 bits per heavy atom. The van der Waals surface area contributed by atoms with Crippen LogP contribution in [0, 0.1) is 35.5 Å². The second-order valence-electron chi connectivity index (χ2n) is 17.1. The Bertz CT molecular complexity index is 1490. The predicted octanol–water partition coefficient (Wildman–Crippen LogP) is 3.79. The van der Waals surface area contributed by atoms with Crippen molar-refractivity contribution in [2.45, 2.75) is 154 Å². The van der Waals surface area contributed by atoms with E-state index in [1.54, 1.807) is 27.0 Å². The van der Waals surface area contributed by atoms with Gasteiger partial charge in [-0.05, 0) is 95.5 Å². The van der Waals surface area contributed by atoms with E-state index >= 15 is 0 Å². The molecule has 13 heteroatoms. The first-order chi connectivity index (χ1) is 26.4. The zero-order valence-corrected chi connectivity index (χ0v) is 34.0. The maximum Gasteiger partial charge on any atom is 0.329 e. The fourth-order valence-corrected chi connectivity index (χ4v) is 9.23. The lowest BCUT2D eigenvalue weighted by atomic mass is 9.78. The maximum absolute atomic E-state index is 14.2. The van der Waals surface area contributed by atoms with Gasteiger partial charge < -0.3 is 44.3 Å². The number of methoxy groups -OCH3 is 1. The van der Waals surface area contributed by atoms with Crippen LogP contribution >= 0.6 is 0 Å². The summed E-state index contributed by atoms with van der Waals surface area (Å²) >= 11 is 0. The zero-order valence-electron chi connectivity index (χ0n) is 34.0. The summed E-state index contributed by atoms with van der Waals surface area (Å²) in [4.78, 5) is 69.5. The van der Waals surface area contributed by atoms with E-state index in [-0.39, 0.29) is 56.0 Å². The largest absolute Gasteiger partial charge is 0.456 e. The SMILES string of the molecule is C=CC[C@@H]1/C=C(\C)C[C@H](C)C[C@H](O)[C@H]2O[C@@](O)(C(=O)C(=O)N3CCCC[C@H]3C(=O)O[C@H](/C(C)=C/[C@@H]3CC[C@@H](O)[C@H](OC)C3)[C@H](C)[C@@H](O)CC1=O)[C@H](C)C[C@@H]2C=O. The molecule has 1 aliphatic carbocycles. The summed E-state index contributed by atoms with van der Waals surface area (Å²) in [6.07, 6.45) is 3.85. The third kappa shape index (κ3) is 10.7. The summed E-state index contributed by atoms with van der Waals surface area (Å²) < 4.78 is 17.6. The van der Waals surface area contributed by atoms with Crippen molar-refractivity contribution in [2.24, 2.45) is 35.5 Å². The van der Waals surface area contributed by atoms with Crippen molar-refractivity contribution in [3.05, 3.63) is 36.0 Å². The van der Waals surface area contributed by atoms with Crippen LogP contribution < -0.4 is 0 Å². The molecule has 2 bridgehead atoms. The molecule has 1 amide bonds. The molecule has 0 unspecified atom stereocenters. The molecule has 314 valence electrons.